The molecule has 0 aliphatic carbocycles. The Morgan fingerprint density at radius 1 is 1.50 bits per heavy atom. The third-order valence-corrected chi connectivity index (χ3v) is 2.39. The molecule has 0 aromatic carbocycles. The Kier molecular flexibility index (Phi) is 8.10. The number of unbranched alkanes of at least 4 members (excludes halogenated alkanes) is 1. The zero-order valence-electron chi connectivity index (χ0n) is 9.85. The summed E-state index contributed by atoms with van der Waals surface area (Å²) >= 11 is 0. The molecule has 3 unspecified atom stereocenters. The molecule has 0 saturated carbocycles. The van der Waals surface area contributed by atoms with E-state index >= 15 is 0 Å². The molecular formula is C10H22N2O4. The van der Waals surface area contributed by atoms with E-state index in [1.807, 2.05) is 6.92 Å². The van der Waals surface area contributed by atoms with E-state index in [9.17, 15) is 9.90 Å². The van der Waals surface area contributed by atoms with Gasteiger partial charge < -0.3 is 26.0 Å². The van der Waals surface area contributed by atoms with Crippen LogP contribution in [0.25, 0.3) is 0 Å². The minimum Gasteiger partial charge on any atom is -0.480 e. The van der Waals surface area contributed by atoms with Crippen LogP contribution >= 0.6 is 0 Å². The summed E-state index contributed by atoms with van der Waals surface area (Å²) in [7, 11) is 1.44. The molecule has 5 N–H and O–H groups in total. The van der Waals surface area contributed by atoms with Crippen LogP contribution in [-0.2, 0) is 9.53 Å². The van der Waals surface area contributed by atoms with Gasteiger partial charge in [-0.1, -0.05) is 6.42 Å². The summed E-state index contributed by atoms with van der Waals surface area (Å²) in [6.07, 6.45) is 1.22. The number of nitrogens with one attached hydrogen (secondary N) is 1. The molecule has 0 aromatic heterocycles. The number of carboxylic acids is 1. The van der Waals surface area contributed by atoms with Crippen LogP contribution < -0.4 is 11.1 Å². The highest BCUT2D eigenvalue weighted by Gasteiger charge is 2.12. The van der Waals surface area contributed by atoms with E-state index in [1.165, 1.54) is 7.11 Å². The minimum atomic E-state index is -0.962. The molecule has 0 rings (SSSR count). The summed E-state index contributed by atoms with van der Waals surface area (Å²) in [6.45, 7) is 2.52. The highest BCUT2D eigenvalue weighted by atomic mass is 16.6. The van der Waals surface area contributed by atoms with Crippen molar-refractivity contribution >= 4 is 5.97 Å². The smallest absolute Gasteiger partial charge is 0.320 e. The average molecular weight is 234 g/mol. The summed E-state index contributed by atoms with van der Waals surface area (Å²) in [5.74, 6) is -0.962. The summed E-state index contributed by atoms with van der Waals surface area (Å²) in [5, 5.41) is 20.9. The Morgan fingerprint density at radius 2 is 2.12 bits per heavy atom. The van der Waals surface area contributed by atoms with Gasteiger partial charge in [0.2, 0.25) is 0 Å². The number of aliphatic carboxylic acids is 1. The Hall–Kier alpha value is -0.690. The standard InChI is InChI=1S/C10H22N2O4/c1-7(10(15)16-2)12-6-4-3-5-8(11)9(13)14/h7-8,10,12,15H,3-6,11H2,1-2H3,(H,13,14). The zero-order chi connectivity index (χ0) is 12.6. The fourth-order valence-corrected chi connectivity index (χ4v) is 1.25. The van der Waals surface area contributed by atoms with Crippen molar-refractivity contribution in [2.24, 2.45) is 5.73 Å². The molecule has 0 spiro atoms. The van der Waals surface area contributed by atoms with Gasteiger partial charge >= 0.3 is 5.97 Å². The normalized spacial score (nSPS) is 16.8. The molecule has 0 aliphatic heterocycles. The van der Waals surface area contributed by atoms with Crippen LogP contribution in [0.2, 0.25) is 0 Å². The molecule has 96 valence electrons. The molecule has 0 amide bonds. The first-order valence-electron chi connectivity index (χ1n) is 5.41. The van der Waals surface area contributed by atoms with Crippen LogP contribution in [0.5, 0.6) is 0 Å². The van der Waals surface area contributed by atoms with Crippen LogP contribution in [0.1, 0.15) is 26.2 Å². The predicted molar refractivity (Wildman–Crippen MR) is 59.9 cm³/mol. The number of carboxylic acid groups (broad SMARTS) is 1. The van der Waals surface area contributed by atoms with Gasteiger partial charge in [-0.05, 0) is 26.3 Å². The van der Waals surface area contributed by atoms with Crippen molar-refractivity contribution in [2.75, 3.05) is 13.7 Å². The van der Waals surface area contributed by atoms with Gasteiger partial charge in [0.05, 0.1) is 6.04 Å². The van der Waals surface area contributed by atoms with Crippen molar-refractivity contribution in [3.8, 4) is 0 Å². The SMILES string of the molecule is COC(O)C(C)NCCCCC(N)C(=O)O. The number of aliphatic hydroxyl groups is 1. The Bertz CT molecular complexity index is 201. The largest absolute Gasteiger partial charge is 0.480 e. The van der Waals surface area contributed by atoms with Gasteiger partial charge in [0, 0.05) is 7.11 Å². The van der Waals surface area contributed by atoms with Crippen LogP contribution in [0.4, 0.5) is 0 Å². The van der Waals surface area contributed by atoms with Crippen LogP contribution in [0, 0.1) is 0 Å². The lowest BCUT2D eigenvalue weighted by molar-refractivity contribution is -0.138. The maximum absolute atomic E-state index is 10.4. The van der Waals surface area contributed by atoms with Gasteiger partial charge in [-0.3, -0.25) is 4.79 Å². The first-order chi connectivity index (χ1) is 7.49. The fraction of sp³-hybridized carbons (Fsp3) is 0.900. The summed E-state index contributed by atoms with van der Waals surface area (Å²) in [4.78, 5) is 10.4. The molecule has 0 bridgehead atoms. The molecule has 6 heteroatoms. The molecule has 0 radical (unpaired) electrons. The molecule has 0 saturated heterocycles. The van der Waals surface area contributed by atoms with Crippen molar-refractivity contribution < 1.29 is 19.7 Å². The van der Waals surface area contributed by atoms with Crippen molar-refractivity contribution in [3.05, 3.63) is 0 Å². The number of aliphatic hydroxyl groups excluding tert-OH is 1. The second-order valence-corrected chi connectivity index (χ2v) is 3.81. The van der Waals surface area contributed by atoms with Crippen LogP contribution in [0.3, 0.4) is 0 Å². The van der Waals surface area contributed by atoms with Gasteiger partial charge in [-0.25, -0.2) is 0 Å². The third-order valence-electron chi connectivity index (χ3n) is 2.39. The Morgan fingerprint density at radius 3 is 2.62 bits per heavy atom. The van der Waals surface area contributed by atoms with Crippen molar-refractivity contribution in [2.45, 2.75) is 44.6 Å². The molecule has 0 heterocycles. The third kappa shape index (κ3) is 6.73. The van der Waals surface area contributed by atoms with Gasteiger partial charge in [0.1, 0.15) is 6.04 Å². The highest BCUT2D eigenvalue weighted by molar-refractivity contribution is 5.72. The molecule has 3 atom stereocenters. The fourth-order valence-electron chi connectivity index (χ4n) is 1.25. The summed E-state index contributed by atoms with van der Waals surface area (Å²) < 4.78 is 4.73. The van der Waals surface area contributed by atoms with Gasteiger partial charge in [0.15, 0.2) is 6.29 Å². The van der Waals surface area contributed by atoms with E-state index in [0.717, 1.165) is 12.8 Å². The number of methoxy groups -OCH3 is 1. The molecule has 0 aliphatic rings. The first kappa shape index (κ1) is 15.3. The van der Waals surface area contributed by atoms with Crippen molar-refractivity contribution in [3.63, 3.8) is 0 Å². The summed E-state index contributed by atoms with van der Waals surface area (Å²) in [5.41, 5.74) is 5.35. The molecular weight excluding hydrogens is 212 g/mol. The van der Waals surface area contributed by atoms with Gasteiger partial charge in [-0.15, -0.1) is 0 Å². The maximum atomic E-state index is 10.4. The Balaban J connectivity index is 3.43. The van der Waals surface area contributed by atoms with Crippen LogP contribution in [-0.4, -0.2) is 48.2 Å². The van der Waals surface area contributed by atoms with Crippen molar-refractivity contribution in [1.29, 1.82) is 0 Å². The lowest BCUT2D eigenvalue weighted by atomic mass is 10.1. The predicted octanol–water partition coefficient (Wildman–Crippen LogP) is -0.488. The molecule has 0 aromatic rings. The minimum absolute atomic E-state index is 0.141. The number of hydrogen-bond acceptors (Lipinski definition) is 5. The Labute approximate surface area is 95.8 Å². The maximum Gasteiger partial charge on any atom is 0.320 e. The molecule has 0 fully saturated rings. The van der Waals surface area contributed by atoms with Crippen LogP contribution in [0.15, 0.2) is 0 Å². The number of carbonyl (C=O) groups is 1. The van der Waals surface area contributed by atoms with E-state index in [-0.39, 0.29) is 6.04 Å². The van der Waals surface area contributed by atoms with E-state index < -0.39 is 18.3 Å². The average Bonchev–Trinajstić information content (AvgIpc) is 2.26. The van der Waals surface area contributed by atoms with E-state index in [1.54, 1.807) is 0 Å². The number of hydrogen-bond donors (Lipinski definition) is 4. The lowest BCUT2D eigenvalue weighted by Crippen LogP contribution is -2.39. The number of rotatable bonds is 9. The number of ether oxygens (including phenoxy) is 1. The topological polar surface area (TPSA) is 105 Å². The van der Waals surface area contributed by atoms with E-state index in [0.29, 0.717) is 13.0 Å². The monoisotopic (exact) mass is 234 g/mol. The van der Waals surface area contributed by atoms with E-state index in [2.05, 4.69) is 5.32 Å². The van der Waals surface area contributed by atoms with E-state index in [4.69, 9.17) is 15.6 Å². The number of nitrogens with two attached hydrogens (primary N) is 1. The zero-order valence-corrected chi connectivity index (χ0v) is 9.85. The summed E-state index contributed by atoms with van der Waals surface area (Å²) in [6, 6.07) is -0.917. The quantitative estimate of drug-likeness (QED) is 0.317. The second-order valence-electron chi connectivity index (χ2n) is 3.81. The van der Waals surface area contributed by atoms with Gasteiger partial charge in [0.25, 0.3) is 0 Å². The van der Waals surface area contributed by atoms with Crippen molar-refractivity contribution in [1.82, 2.24) is 5.32 Å². The molecule has 6 nitrogen and oxygen atoms in total. The molecule has 16 heavy (non-hydrogen) atoms. The lowest BCUT2D eigenvalue weighted by Gasteiger charge is -2.18. The van der Waals surface area contributed by atoms with Gasteiger partial charge in [-0.2, -0.15) is 0 Å². The highest BCUT2D eigenvalue weighted by Crippen LogP contribution is 1.99. The second kappa shape index (κ2) is 8.46. The first-order valence-corrected chi connectivity index (χ1v) is 5.41.